The van der Waals surface area contributed by atoms with Crippen LogP contribution < -0.4 is 11.1 Å². The maximum Gasteiger partial charge on any atom is 0.272 e. The maximum atomic E-state index is 12.0. The number of rotatable bonds is 7. The summed E-state index contributed by atoms with van der Waals surface area (Å²) in [5, 5.41) is 10.3. The van der Waals surface area contributed by atoms with E-state index in [0.29, 0.717) is 31.1 Å². The molecule has 1 heterocycles. The van der Waals surface area contributed by atoms with E-state index in [1.807, 2.05) is 0 Å². The monoisotopic (exact) mass is 274 g/mol. The molecule has 0 saturated carbocycles. The summed E-state index contributed by atoms with van der Waals surface area (Å²) >= 11 is 0. The molecule has 0 aliphatic rings. The fourth-order valence-corrected chi connectivity index (χ4v) is 1.79. The van der Waals surface area contributed by atoms with Gasteiger partial charge in [0.25, 0.3) is 5.91 Å². The molecule has 6 nitrogen and oxygen atoms in total. The number of nitrogens with one attached hydrogen (secondary N) is 2. The molecule has 106 valence electrons. The third-order valence-electron chi connectivity index (χ3n) is 2.80. The number of hydrogen-bond acceptors (Lipinski definition) is 4. The molecular formula is C14H18N4O2. The molecule has 0 saturated heterocycles. The van der Waals surface area contributed by atoms with Gasteiger partial charge in [-0.05, 0) is 24.6 Å². The molecule has 1 aromatic carbocycles. The van der Waals surface area contributed by atoms with Gasteiger partial charge in [0.05, 0.1) is 18.7 Å². The number of ether oxygens (including phenoxy) is 1. The van der Waals surface area contributed by atoms with Gasteiger partial charge in [-0.2, -0.15) is 5.10 Å². The van der Waals surface area contributed by atoms with Gasteiger partial charge in [0, 0.05) is 17.6 Å². The number of anilines is 1. The molecule has 0 spiro atoms. The van der Waals surface area contributed by atoms with E-state index in [1.54, 1.807) is 24.3 Å². The number of aromatic amines is 1. The summed E-state index contributed by atoms with van der Waals surface area (Å²) < 4.78 is 5.31. The average Bonchev–Trinajstić information content (AvgIpc) is 2.85. The molecule has 1 amide bonds. The Hall–Kier alpha value is -2.34. The van der Waals surface area contributed by atoms with Crippen molar-refractivity contribution in [3.05, 3.63) is 36.5 Å². The summed E-state index contributed by atoms with van der Waals surface area (Å²) in [7, 11) is 0. The van der Waals surface area contributed by atoms with Gasteiger partial charge < -0.3 is 15.8 Å². The van der Waals surface area contributed by atoms with E-state index in [2.05, 4.69) is 22.1 Å². The Kier molecular flexibility index (Phi) is 4.73. The molecule has 0 aliphatic heterocycles. The SMILES string of the molecule is C=CCCOCCNC(=O)c1n[nH]c2ccc(N)cc12. The maximum absolute atomic E-state index is 12.0. The number of aromatic nitrogens is 2. The predicted molar refractivity (Wildman–Crippen MR) is 78.5 cm³/mol. The number of H-pyrrole nitrogens is 1. The molecule has 20 heavy (non-hydrogen) atoms. The summed E-state index contributed by atoms with van der Waals surface area (Å²) in [5.41, 5.74) is 7.45. The van der Waals surface area contributed by atoms with Crippen LogP contribution in [-0.4, -0.2) is 35.9 Å². The van der Waals surface area contributed by atoms with Crippen LogP contribution in [0.3, 0.4) is 0 Å². The summed E-state index contributed by atoms with van der Waals surface area (Å²) in [5.74, 6) is -0.242. The van der Waals surface area contributed by atoms with Crippen molar-refractivity contribution < 1.29 is 9.53 Å². The van der Waals surface area contributed by atoms with Crippen molar-refractivity contribution in [2.45, 2.75) is 6.42 Å². The lowest BCUT2D eigenvalue weighted by atomic mass is 10.2. The Morgan fingerprint density at radius 1 is 1.50 bits per heavy atom. The van der Waals surface area contributed by atoms with E-state index >= 15 is 0 Å². The Balaban J connectivity index is 1.91. The first-order chi connectivity index (χ1) is 9.72. The summed E-state index contributed by atoms with van der Waals surface area (Å²) in [6.07, 6.45) is 2.59. The number of carbonyl (C=O) groups excluding carboxylic acids is 1. The first-order valence-electron chi connectivity index (χ1n) is 6.43. The zero-order chi connectivity index (χ0) is 14.4. The topological polar surface area (TPSA) is 93.0 Å². The van der Waals surface area contributed by atoms with Crippen LogP contribution in [-0.2, 0) is 4.74 Å². The van der Waals surface area contributed by atoms with Crippen LogP contribution in [0.5, 0.6) is 0 Å². The lowest BCUT2D eigenvalue weighted by molar-refractivity contribution is 0.0914. The number of nitrogen functional groups attached to an aromatic ring is 1. The zero-order valence-corrected chi connectivity index (χ0v) is 11.2. The standard InChI is InChI=1S/C14H18N4O2/c1-2-3-7-20-8-6-16-14(19)13-11-9-10(15)4-5-12(11)17-18-13/h2,4-5,9H,1,3,6-8,15H2,(H,16,19)(H,17,18). The van der Waals surface area contributed by atoms with Gasteiger partial charge in [0.15, 0.2) is 5.69 Å². The van der Waals surface area contributed by atoms with Crippen molar-refractivity contribution in [3.63, 3.8) is 0 Å². The third-order valence-corrected chi connectivity index (χ3v) is 2.80. The van der Waals surface area contributed by atoms with Gasteiger partial charge in [-0.25, -0.2) is 0 Å². The highest BCUT2D eigenvalue weighted by atomic mass is 16.5. The van der Waals surface area contributed by atoms with Crippen molar-refractivity contribution >= 4 is 22.5 Å². The van der Waals surface area contributed by atoms with Crippen LogP contribution in [0.4, 0.5) is 5.69 Å². The molecule has 0 atom stereocenters. The highest BCUT2D eigenvalue weighted by Gasteiger charge is 2.13. The van der Waals surface area contributed by atoms with Gasteiger partial charge in [0.2, 0.25) is 0 Å². The molecule has 0 fully saturated rings. The minimum absolute atomic E-state index is 0.242. The lowest BCUT2D eigenvalue weighted by Crippen LogP contribution is -2.27. The molecule has 0 unspecified atom stereocenters. The van der Waals surface area contributed by atoms with Crippen LogP contribution >= 0.6 is 0 Å². The van der Waals surface area contributed by atoms with Gasteiger partial charge in [-0.15, -0.1) is 6.58 Å². The van der Waals surface area contributed by atoms with E-state index in [-0.39, 0.29) is 5.91 Å². The second kappa shape index (κ2) is 6.72. The molecule has 4 N–H and O–H groups in total. The largest absolute Gasteiger partial charge is 0.399 e. The van der Waals surface area contributed by atoms with Crippen molar-refractivity contribution in [1.82, 2.24) is 15.5 Å². The Labute approximate surface area is 117 Å². The van der Waals surface area contributed by atoms with E-state index < -0.39 is 0 Å². The molecule has 0 aliphatic carbocycles. The summed E-state index contributed by atoms with van der Waals surface area (Å²) in [6, 6.07) is 5.29. The zero-order valence-electron chi connectivity index (χ0n) is 11.2. The smallest absolute Gasteiger partial charge is 0.272 e. The number of carbonyl (C=O) groups is 1. The number of amides is 1. The molecule has 1 aromatic heterocycles. The predicted octanol–water partition coefficient (Wildman–Crippen LogP) is 1.47. The lowest BCUT2D eigenvalue weighted by Gasteiger charge is -2.04. The van der Waals surface area contributed by atoms with Crippen molar-refractivity contribution in [2.75, 3.05) is 25.5 Å². The van der Waals surface area contributed by atoms with Crippen LogP contribution in [0, 0.1) is 0 Å². The highest BCUT2D eigenvalue weighted by molar-refractivity contribution is 6.05. The van der Waals surface area contributed by atoms with Crippen LogP contribution in [0.2, 0.25) is 0 Å². The van der Waals surface area contributed by atoms with Gasteiger partial charge in [-0.1, -0.05) is 6.08 Å². The van der Waals surface area contributed by atoms with E-state index in [0.717, 1.165) is 17.3 Å². The molecule has 2 aromatic rings. The number of hydrogen-bond donors (Lipinski definition) is 3. The van der Waals surface area contributed by atoms with Gasteiger partial charge in [0.1, 0.15) is 0 Å². The van der Waals surface area contributed by atoms with E-state index in [4.69, 9.17) is 10.5 Å². The molecule has 0 radical (unpaired) electrons. The second-order valence-electron chi connectivity index (χ2n) is 4.32. The van der Waals surface area contributed by atoms with Crippen LogP contribution in [0.15, 0.2) is 30.9 Å². The van der Waals surface area contributed by atoms with Crippen LogP contribution in [0.1, 0.15) is 16.9 Å². The fourth-order valence-electron chi connectivity index (χ4n) is 1.79. The Bertz CT molecular complexity index is 606. The normalized spacial score (nSPS) is 10.6. The van der Waals surface area contributed by atoms with E-state index in [1.165, 1.54) is 0 Å². The average molecular weight is 274 g/mol. The first kappa shape index (κ1) is 14.1. The van der Waals surface area contributed by atoms with E-state index in [9.17, 15) is 4.79 Å². The molecule has 6 heteroatoms. The Morgan fingerprint density at radius 2 is 2.35 bits per heavy atom. The van der Waals surface area contributed by atoms with Crippen molar-refractivity contribution in [1.29, 1.82) is 0 Å². The van der Waals surface area contributed by atoms with Gasteiger partial charge in [-0.3, -0.25) is 9.89 Å². The summed E-state index contributed by atoms with van der Waals surface area (Å²) in [4.78, 5) is 12.0. The number of fused-ring (bicyclic) bond motifs is 1. The first-order valence-corrected chi connectivity index (χ1v) is 6.43. The number of nitrogens with two attached hydrogens (primary N) is 1. The van der Waals surface area contributed by atoms with Crippen molar-refractivity contribution in [3.8, 4) is 0 Å². The van der Waals surface area contributed by atoms with Crippen LogP contribution in [0.25, 0.3) is 10.9 Å². The highest BCUT2D eigenvalue weighted by Crippen LogP contribution is 2.18. The second-order valence-corrected chi connectivity index (χ2v) is 4.32. The Morgan fingerprint density at radius 3 is 3.15 bits per heavy atom. The molecular weight excluding hydrogens is 256 g/mol. The van der Waals surface area contributed by atoms with Crippen molar-refractivity contribution in [2.24, 2.45) is 0 Å². The fraction of sp³-hybridized carbons (Fsp3) is 0.286. The molecule has 0 bridgehead atoms. The minimum Gasteiger partial charge on any atom is -0.399 e. The van der Waals surface area contributed by atoms with Gasteiger partial charge >= 0.3 is 0 Å². The number of benzene rings is 1. The number of nitrogens with zero attached hydrogens (tertiary/aromatic N) is 1. The third kappa shape index (κ3) is 3.36. The summed E-state index contributed by atoms with van der Waals surface area (Å²) in [6.45, 7) is 5.12. The molecule has 2 rings (SSSR count). The quantitative estimate of drug-likeness (QED) is 0.405. The minimum atomic E-state index is -0.242.